The monoisotopic (exact) mass is 281 g/mol. The van der Waals surface area contributed by atoms with Crippen molar-refractivity contribution in [2.45, 2.75) is 43.1 Å². The number of nitrogens with one attached hydrogen (secondary N) is 1. The number of thioether (sulfide) groups is 1. The molecule has 0 heterocycles. The molecular weight excluding hydrogens is 258 g/mol. The van der Waals surface area contributed by atoms with Gasteiger partial charge in [-0.1, -0.05) is 6.42 Å². The van der Waals surface area contributed by atoms with Gasteiger partial charge < -0.3 is 10.4 Å². The van der Waals surface area contributed by atoms with Gasteiger partial charge in [-0.05, 0) is 26.0 Å². The predicted molar refractivity (Wildman–Crippen MR) is 73.3 cm³/mol. The molecule has 17 heavy (non-hydrogen) atoms. The Morgan fingerprint density at radius 2 is 2.12 bits per heavy atom. The van der Waals surface area contributed by atoms with Crippen LogP contribution >= 0.6 is 11.8 Å². The third-order valence-electron chi connectivity index (χ3n) is 3.20. The molecule has 3 atom stereocenters. The largest absolute Gasteiger partial charge is 0.388 e. The molecule has 0 aliphatic heterocycles. The first kappa shape index (κ1) is 15.3. The van der Waals surface area contributed by atoms with Gasteiger partial charge in [-0.2, -0.15) is 11.8 Å². The third-order valence-corrected chi connectivity index (χ3v) is 5.78. The fourth-order valence-corrected chi connectivity index (χ4v) is 4.53. The average molecular weight is 281 g/mol. The minimum atomic E-state index is -2.98. The highest BCUT2D eigenvalue weighted by Gasteiger charge is 2.35. The topological polar surface area (TPSA) is 66.4 Å². The first-order valence-corrected chi connectivity index (χ1v) is 9.25. The second kappa shape index (κ2) is 5.91. The zero-order valence-corrected chi connectivity index (χ0v) is 12.4. The van der Waals surface area contributed by atoms with E-state index in [2.05, 4.69) is 5.32 Å². The van der Waals surface area contributed by atoms with Crippen LogP contribution in [0.5, 0.6) is 0 Å². The molecule has 1 rings (SSSR count). The van der Waals surface area contributed by atoms with E-state index in [1.54, 1.807) is 18.7 Å². The van der Waals surface area contributed by atoms with Crippen LogP contribution in [0.1, 0.15) is 26.2 Å². The quantitative estimate of drug-likeness (QED) is 0.748. The number of hydrogen-bond acceptors (Lipinski definition) is 5. The maximum Gasteiger partial charge on any atom is 0.151 e. The Morgan fingerprint density at radius 1 is 1.47 bits per heavy atom. The molecule has 0 aromatic heterocycles. The summed E-state index contributed by atoms with van der Waals surface area (Å²) in [7, 11) is -2.98. The van der Waals surface area contributed by atoms with E-state index in [4.69, 9.17) is 0 Å². The van der Waals surface area contributed by atoms with Gasteiger partial charge in [-0.3, -0.25) is 0 Å². The molecule has 0 aromatic rings. The van der Waals surface area contributed by atoms with E-state index in [9.17, 15) is 13.5 Å². The smallest absolute Gasteiger partial charge is 0.151 e. The van der Waals surface area contributed by atoms with Gasteiger partial charge in [0.25, 0.3) is 0 Å². The fourth-order valence-electron chi connectivity index (χ4n) is 2.38. The standard InChI is InChI=1S/C11H23NO3S2/c1-11(13,8-16-2)7-12-9-5-4-6-10(9)17(3,14)15/h9-10,12-13H,4-8H2,1-3H3. The number of sulfone groups is 1. The van der Waals surface area contributed by atoms with Crippen molar-refractivity contribution in [3.63, 3.8) is 0 Å². The molecule has 0 spiro atoms. The van der Waals surface area contributed by atoms with Gasteiger partial charge in [0.05, 0.1) is 10.9 Å². The summed E-state index contributed by atoms with van der Waals surface area (Å²) < 4.78 is 23.2. The summed E-state index contributed by atoms with van der Waals surface area (Å²) >= 11 is 1.59. The van der Waals surface area contributed by atoms with Crippen molar-refractivity contribution < 1.29 is 13.5 Å². The van der Waals surface area contributed by atoms with Gasteiger partial charge in [0.1, 0.15) is 0 Å². The second-order valence-electron chi connectivity index (χ2n) is 5.22. The Bertz CT molecular complexity index is 341. The van der Waals surface area contributed by atoms with Crippen molar-refractivity contribution in [3.8, 4) is 0 Å². The lowest BCUT2D eigenvalue weighted by atomic mass is 10.1. The predicted octanol–water partition coefficient (Wildman–Crippen LogP) is 0.656. The molecule has 2 N–H and O–H groups in total. The lowest BCUT2D eigenvalue weighted by Crippen LogP contribution is -2.48. The van der Waals surface area contributed by atoms with Crippen LogP contribution in [0.4, 0.5) is 0 Å². The molecule has 1 fully saturated rings. The summed E-state index contributed by atoms with van der Waals surface area (Å²) in [5.74, 6) is 0.649. The first-order valence-electron chi connectivity index (χ1n) is 5.90. The summed E-state index contributed by atoms with van der Waals surface area (Å²) in [5, 5.41) is 13.0. The Balaban J connectivity index is 2.52. The normalized spacial score (nSPS) is 29.2. The van der Waals surface area contributed by atoms with Crippen LogP contribution in [-0.4, -0.2) is 55.2 Å². The van der Waals surface area contributed by atoms with E-state index in [1.807, 2.05) is 6.26 Å². The number of aliphatic hydroxyl groups is 1. The Kier molecular flexibility index (Phi) is 5.31. The zero-order valence-electron chi connectivity index (χ0n) is 10.8. The summed E-state index contributed by atoms with van der Waals surface area (Å²) in [6.07, 6.45) is 5.81. The molecule has 6 heteroatoms. The minimum Gasteiger partial charge on any atom is -0.388 e. The molecule has 0 amide bonds. The first-order chi connectivity index (χ1) is 7.76. The van der Waals surface area contributed by atoms with Crippen LogP contribution in [0.2, 0.25) is 0 Å². The molecular formula is C11H23NO3S2. The highest BCUT2D eigenvalue weighted by atomic mass is 32.2. The summed E-state index contributed by atoms with van der Waals surface area (Å²) in [6, 6.07) is -0.00155. The summed E-state index contributed by atoms with van der Waals surface area (Å²) in [5.41, 5.74) is -0.774. The van der Waals surface area contributed by atoms with Crippen molar-refractivity contribution >= 4 is 21.6 Å². The van der Waals surface area contributed by atoms with Crippen molar-refractivity contribution in [2.75, 3.05) is 24.8 Å². The van der Waals surface area contributed by atoms with E-state index in [0.29, 0.717) is 12.3 Å². The van der Waals surface area contributed by atoms with E-state index >= 15 is 0 Å². The van der Waals surface area contributed by atoms with Crippen molar-refractivity contribution in [1.29, 1.82) is 0 Å². The van der Waals surface area contributed by atoms with Gasteiger partial charge in [0.15, 0.2) is 9.84 Å². The van der Waals surface area contributed by atoms with Crippen LogP contribution in [0.15, 0.2) is 0 Å². The highest BCUT2D eigenvalue weighted by Crippen LogP contribution is 2.25. The number of hydrogen-bond donors (Lipinski definition) is 2. The van der Waals surface area contributed by atoms with Crippen molar-refractivity contribution in [1.82, 2.24) is 5.32 Å². The molecule has 1 saturated carbocycles. The van der Waals surface area contributed by atoms with E-state index in [1.165, 1.54) is 6.26 Å². The molecule has 0 bridgehead atoms. The van der Waals surface area contributed by atoms with Crippen LogP contribution in [0.3, 0.4) is 0 Å². The number of rotatable bonds is 6. The molecule has 0 radical (unpaired) electrons. The molecule has 102 valence electrons. The molecule has 0 aromatic carbocycles. The zero-order chi connectivity index (χ0) is 13.1. The lowest BCUT2D eigenvalue weighted by molar-refractivity contribution is 0.0817. The van der Waals surface area contributed by atoms with Crippen LogP contribution in [0, 0.1) is 0 Å². The average Bonchev–Trinajstić information content (AvgIpc) is 2.61. The third kappa shape index (κ3) is 4.77. The minimum absolute atomic E-state index is 0.00155. The lowest BCUT2D eigenvalue weighted by Gasteiger charge is -2.27. The Hall–Kier alpha value is 0.220. The molecule has 0 saturated heterocycles. The molecule has 1 aliphatic carbocycles. The second-order valence-corrected chi connectivity index (χ2v) is 8.35. The molecule has 1 aliphatic rings. The molecule has 4 nitrogen and oxygen atoms in total. The van der Waals surface area contributed by atoms with Gasteiger partial charge >= 0.3 is 0 Å². The van der Waals surface area contributed by atoms with E-state index in [0.717, 1.165) is 19.3 Å². The Morgan fingerprint density at radius 3 is 2.65 bits per heavy atom. The summed E-state index contributed by atoms with van der Waals surface area (Å²) in [4.78, 5) is 0. The SMILES string of the molecule is CSCC(C)(O)CNC1CCCC1S(C)(=O)=O. The maximum atomic E-state index is 11.6. The Labute approximate surface area is 108 Å². The van der Waals surface area contributed by atoms with Crippen LogP contribution < -0.4 is 5.32 Å². The van der Waals surface area contributed by atoms with Gasteiger partial charge in [-0.25, -0.2) is 8.42 Å². The molecule has 3 unspecified atom stereocenters. The maximum absolute atomic E-state index is 11.6. The highest BCUT2D eigenvalue weighted by molar-refractivity contribution is 7.98. The van der Waals surface area contributed by atoms with Crippen molar-refractivity contribution in [2.24, 2.45) is 0 Å². The van der Waals surface area contributed by atoms with Crippen LogP contribution in [-0.2, 0) is 9.84 Å². The van der Waals surface area contributed by atoms with E-state index in [-0.39, 0.29) is 11.3 Å². The van der Waals surface area contributed by atoms with E-state index < -0.39 is 15.4 Å². The van der Waals surface area contributed by atoms with Crippen molar-refractivity contribution in [3.05, 3.63) is 0 Å². The summed E-state index contributed by atoms with van der Waals surface area (Å²) in [6.45, 7) is 2.23. The fraction of sp³-hybridized carbons (Fsp3) is 1.00. The van der Waals surface area contributed by atoms with Gasteiger partial charge in [0.2, 0.25) is 0 Å². The van der Waals surface area contributed by atoms with Gasteiger partial charge in [-0.15, -0.1) is 0 Å². The van der Waals surface area contributed by atoms with Crippen LogP contribution in [0.25, 0.3) is 0 Å². The van der Waals surface area contributed by atoms with Gasteiger partial charge in [0, 0.05) is 24.6 Å².